The molecule has 3 aliphatic heterocycles. The molecule has 1 amide bonds. The van der Waals surface area contributed by atoms with Crippen molar-refractivity contribution in [1.29, 1.82) is 0 Å². The summed E-state index contributed by atoms with van der Waals surface area (Å²) in [5, 5.41) is 4.08. The average molecular weight is 367 g/mol. The van der Waals surface area contributed by atoms with Crippen molar-refractivity contribution in [3.05, 3.63) is 10.6 Å². The van der Waals surface area contributed by atoms with E-state index in [2.05, 4.69) is 19.4 Å². The Balaban J connectivity index is 1.28. The molecule has 0 N–H and O–H groups in total. The van der Waals surface area contributed by atoms with E-state index >= 15 is 0 Å². The van der Waals surface area contributed by atoms with E-state index in [0.717, 1.165) is 71.1 Å². The number of carbonyl (C=O) groups is 1. The van der Waals surface area contributed by atoms with Crippen LogP contribution >= 0.6 is 11.5 Å². The molecule has 0 bridgehead atoms. The molecule has 0 spiro atoms. The van der Waals surface area contributed by atoms with Gasteiger partial charge in [0.05, 0.1) is 29.8 Å². The molecule has 0 radical (unpaired) electrons. The monoisotopic (exact) mass is 367 g/mol. The average Bonchev–Trinajstić information content (AvgIpc) is 3.26. The molecule has 8 nitrogen and oxygen atoms in total. The van der Waals surface area contributed by atoms with Gasteiger partial charge >= 0.3 is 6.09 Å². The van der Waals surface area contributed by atoms with Crippen LogP contribution < -0.4 is 0 Å². The zero-order valence-electron chi connectivity index (χ0n) is 14.6. The second-order valence-electron chi connectivity index (χ2n) is 6.97. The largest absolute Gasteiger partial charge is 0.442 e. The summed E-state index contributed by atoms with van der Waals surface area (Å²) >= 11 is 1.46. The maximum Gasteiger partial charge on any atom is 0.410 e. The van der Waals surface area contributed by atoms with Gasteiger partial charge in [0, 0.05) is 45.8 Å². The van der Waals surface area contributed by atoms with E-state index in [1.54, 1.807) is 0 Å². The summed E-state index contributed by atoms with van der Waals surface area (Å²) < 4.78 is 15.0. The summed E-state index contributed by atoms with van der Waals surface area (Å²) in [6.07, 6.45) is 0.834. The van der Waals surface area contributed by atoms with Crippen molar-refractivity contribution < 1.29 is 14.3 Å². The second-order valence-corrected chi connectivity index (χ2v) is 7.80. The molecular formula is C16H25N5O3S. The molecule has 1 aromatic rings. The Labute approximate surface area is 151 Å². The number of rotatable bonds is 6. The van der Waals surface area contributed by atoms with Crippen LogP contribution in [0.25, 0.3) is 0 Å². The molecule has 1 aromatic heterocycles. The van der Waals surface area contributed by atoms with E-state index in [4.69, 9.17) is 9.47 Å². The van der Waals surface area contributed by atoms with Gasteiger partial charge in [-0.05, 0) is 24.9 Å². The minimum absolute atomic E-state index is 0.00271. The third-order valence-electron chi connectivity index (χ3n) is 5.29. The Morgan fingerprint density at radius 1 is 1.20 bits per heavy atom. The van der Waals surface area contributed by atoms with Gasteiger partial charge in [0.15, 0.2) is 0 Å². The Kier molecular flexibility index (Phi) is 5.16. The van der Waals surface area contributed by atoms with Gasteiger partial charge in [0.25, 0.3) is 0 Å². The van der Waals surface area contributed by atoms with Crippen LogP contribution in [0.3, 0.4) is 0 Å². The fraction of sp³-hybridized carbons (Fsp3) is 0.812. The van der Waals surface area contributed by atoms with Crippen LogP contribution in [0, 0.1) is 6.92 Å². The minimum Gasteiger partial charge on any atom is -0.442 e. The van der Waals surface area contributed by atoms with Crippen LogP contribution in [-0.4, -0.2) is 95.0 Å². The highest BCUT2D eigenvalue weighted by Crippen LogP contribution is 2.28. The first-order valence-electron chi connectivity index (χ1n) is 8.98. The van der Waals surface area contributed by atoms with Gasteiger partial charge in [-0.2, -0.15) is 0 Å². The molecule has 138 valence electrons. The summed E-state index contributed by atoms with van der Waals surface area (Å²) in [5.74, 6) is 0. The Bertz CT molecular complexity index is 606. The summed E-state index contributed by atoms with van der Waals surface area (Å²) in [7, 11) is 0. The molecular weight excluding hydrogens is 342 g/mol. The molecule has 0 aromatic carbocycles. The Morgan fingerprint density at radius 2 is 2.04 bits per heavy atom. The van der Waals surface area contributed by atoms with E-state index in [-0.39, 0.29) is 18.2 Å². The molecule has 9 heteroatoms. The van der Waals surface area contributed by atoms with Gasteiger partial charge in [-0.3, -0.25) is 9.80 Å². The van der Waals surface area contributed by atoms with Crippen LogP contribution in [0.1, 0.15) is 17.0 Å². The van der Waals surface area contributed by atoms with Crippen LogP contribution in [0.5, 0.6) is 0 Å². The number of morpholine rings is 1. The number of hydrogen-bond acceptors (Lipinski definition) is 8. The van der Waals surface area contributed by atoms with E-state index < -0.39 is 0 Å². The van der Waals surface area contributed by atoms with Gasteiger partial charge in [-0.15, -0.1) is 5.10 Å². The number of hydrogen-bond donors (Lipinski definition) is 0. The lowest BCUT2D eigenvalue weighted by Gasteiger charge is -2.28. The first-order valence-corrected chi connectivity index (χ1v) is 9.75. The van der Waals surface area contributed by atoms with E-state index in [0.29, 0.717) is 0 Å². The summed E-state index contributed by atoms with van der Waals surface area (Å²) in [6.45, 7) is 9.91. The predicted molar refractivity (Wildman–Crippen MR) is 92.6 cm³/mol. The molecule has 25 heavy (non-hydrogen) atoms. The smallest absolute Gasteiger partial charge is 0.410 e. The molecule has 3 saturated heterocycles. The van der Waals surface area contributed by atoms with Gasteiger partial charge in [-0.1, -0.05) is 4.49 Å². The lowest BCUT2D eigenvalue weighted by atomic mass is 10.2. The Morgan fingerprint density at radius 3 is 2.80 bits per heavy atom. The SMILES string of the molecule is Cc1nnsc1CN1C[C@@H]2OC(=O)N(CCCN3CCOCC3)[C@@H]2C1. The lowest BCUT2D eigenvalue weighted by Crippen LogP contribution is -2.41. The molecule has 0 saturated carbocycles. The first kappa shape index (κ1) is 17.1. The number of fused-ring (bicyclic) bond motifs is 1. The fourth-order valence-electron chi connectivity index (χ4n) is 3.86. The van der Waals surface area contributed by atoms with Crippen LogP contribution in [-0.2, 0) is 16.0 Å². The van der Waals surface area contributed by atoms with Crippen molar-refractivity contribution in [3.8, 4) is 0 Å². The van der Waals surface area contributed by atoms with Gasteiger partial charge in [0.1, 0.15) is 6.10 Å². The number of likely N-dealkylation sites (tertiary alicyclic amines) is 1. The minimum atomic E-state index is -0.146. The highest BCUT2D eigenvalue weighted by atomic mass is 32.1. The standard InChI is InChI=1S/C16H25N5O3S/c1-12-15(25-18-17-12)11-20-9-13-14(10-20)24-16(22)21(13)4-2-3-19-5-7-23-8-6-19/h13-14H,2-11H2,1H3/t13-,14+/m1/s1. The number of aromatic nitrogens is 2. The molecule has 4 heterocycles. The Hall–Kier alpha value is -1.29. The first-order chi connectivity index (χ1) is 12.2. The molecule has 0 unspecified atom stereocenters. The van der Waals surface area contributed by atoms with E-state index in [9.17, 15) is 4.79 Å². The van der Waals surface area contributed by atoms with Gasteiger partial charge in [0.2, 0.25) is 0 Å². The van der Waals surface area contributed by atoms with Crippen molar-refractivity contribution in [2.75, 3.05) is 52.5 Å². The molecule has 3 aliphatic rings. The van der Waals surface area contributed by atoms with Crippen LogP contribution in [0.2, 0.25) is 0 Å². The summed E-state index contributed by atoms with van der Waals surface area (Å²) in [6, 6.07) is 0.179. The van der Waals surface area contributed by atoms with Crippen LogP contribution in [0.4, 0.5) is 4.79 Å². The molecule has 4 rings (SSSR count). The van der Waals surface area contributed by atoms with Crippen molar-refractivity contribution >= 4 is 17.6 Å². The number of nitrogens with zero attached hydrogens (tertiary/aromatic N) is 5. The van der Waals surface area contributed by atoms with E-state index in [1.807, 2.05) is 11.8 Å². The molecule has 3 fully saturated rings. The lowest BCUT2D eigenvalue weighted by molar-refractivity contribution is 0.0362. The third-order valence-corrected chi connectivity index (χ3v) is 6.10. The fourth-order valence-corrected chi connectivity index (χ4v) is 4.53. The maximum absolute atomic E-state index is 12.2. The number of amides is 1. The third kappa shape index (κ3) is 3.79. The zero-order chi connectivity index (χ0) is 17.2. The van der Waals surface area contributed by atoms with Crippen LogP contribution in [0.15, 0.2) is 0 Å². The predicted octanol–water partition coefficient (Wildman–Crippen LogP) is 0.574. The van der Waals surface area contributed by atoms with Crippen molar-refractivity contribution in [3.63, 3.8) is 0 Å². The zero-order valence-corrected chi connectivity index (χ0v) is 15.4. The molecule has 0 aliphatic carbocycles. The summed E-state index contributed by atoms with van der Waals surface area (Å²) in [5.41, 5.74) is 1.00. The topological polar surface area (TPSA) is 71.0 Å². The van der Waals surface area contributed by atoms with Crippen molar-refractivity contribution in [2.24, 2.45) is 0 Å². The molecule has 2 atom stereocenters. The maximum atomic E-state index is 12.2. The second kappa shape index (κ2) is 7.53. The number of ether oxygens (including phenoxy) is 2. The number of carbonyl (C=O) groups excluding carboxylic acids is 1. The van der Waals surface area contributed by atoms with Gasteiger partial charge < -0.3 is 14.4 Å². The van der Waals surface area contributed by atoms with E-state index in [1.165, 1.54) is 16.4 Å². The summed E-state index contributed by atoms with van der Waals surface area (Å²) in [4.78, 5) is 20.1. The highest BCUT2D eigenvalue weighted by Gasteiger charge is 2.47. The number of aryl methyl sites for hydroxylation is 1. The normalized spacial score (nSPS) is 27.7. The van der Waals surface area contributed by atoms with Crippen molar-refractivity contribution in [2.45, 2.75) is 32.0 Å². The van der Waals surface area contributed by atoms with Crippen molar-refractivity contribution in [1.82, 2.24) is 24.3 Å². The highest BCUT2D eigenvalue weighted by molar-refractivity contribution is 7.05. The quantitative estimate of drug-likeness (QED) is 0.728. The van der Waals surface area contributed by atoms with Gasteiger partial charge in [-0.25, -0.2) is 4.79 Å².